The van der Waals surface area contributed by atoms with Gasteiger partial charge in [0.25, 0.3) is 0 Å². The number of nitrogens with zero attached hydrogens (tertiary/aromatic N) is 2. The van der Waals surface area contributed by atoms with E-state index in [-0.39, 0.29) is 10.8 Å². The number of aromatic nitrogens is 2. The minimum Gasteiger partial charge on any atom is -0.384 e. The molecule has 3 nitrogen and oxygen atoms in total. The molecule has 0 unspecified atom stereocenters. The van der Waals surface area contributed by atoms with E-state index < -0.39 is 12.0 Å². The number of hydrogen-bond acceptors (Lipinski definition) is 4. The molecule has 1 aromatic carbocycles. The number of rotatable bonds is 3. The number of aryl methyl sites for hydroxylation is 1. The second-order valence-corrected chi connectivity index (χ2v) is 5.16. The van der Waals surface area contributed by atoms with E-state index in [0.717, 1.165) is 11.1 Å². The summed E-state index contributed by atoms with van der Waals surface area (Å²) in [5.41, 5.74) is 7.52. The highest BCUT2D eigenvalue weighted by Gasteiger charge is 2.35. The Hall–Kier alpha value is -1.76. The van der Waals surface area contributed by atoms with Gasteiger partial charge in [-0.15, -0.1) is 11.8 Å². The van der Waals surface area contributed by atoms with E-state index >= 15 is 0 Å². The van der Waals surface area contributed by atoms with Crippen molar-refractivity contribution < 1.29 is 13.2 Å². The minimum atomic E-state index is -4.59. The largest absolute Gasteiger partial charge is 0.451 e. The second-order valence-electron chi connectivity index (χ2n) is 4.17. The first-order valence-electron chi connectivity index (χ1n) is 5.75. The molecule has 1 aromatic heterocycles. The van der Waals surface area contributed by atoms with Crippen molar-refractivity contribution in [3.63, 3.8) is 0 Å². The highest BCUT2D eigenvalue weighted by molar-refractivity contribution is 7.98. The monoisotopic (exact) mass is 299 g/mol. The fourth-order valence-corrected chi connectivity index (χ4v) is 2.55. The van der Waals surface area contributed by atoms with Crippen molar-refractivity contribution in [3.8, 4) is 0 Å². The number of alkyl halides is 3. The molecule has 2 N–H and O–H groups in total. The Bertz CT molecular complexity index is 614. The molecule has 1 heterocycles. The van der Waals surface area contributed by atoms with Crippen molar-refractivity contribution >= 4 is 17.6 Å². The molecule has 0 radical (unpaired) electrons. The molecule has 0 aliphatic heterocycles. The Labute approximate surface area is 118 Å². The average molecular weight is 299 g/mol. The van der Waals surface area contributed by atoms with E-state index in [4.69, 9.17) is 5.73 Å². The molecule has 2 rings (SSSR count). The summed E-state index contributed by atoms with van der Waals surface area (Å²) in [5.74, 6) is -0.857. The lowest BCUT2D eigenvalue weighted by Crippen LogP contribution is -2.12. The van der Waals surface area contributed by atoms with Crippen LogP contribution in [0.5, 0.6) is 0 Å². The molecule has 106 valence electrons. The third-order valence-corrected chi connectivity index (χ3v) is 3.57. The van der Waals surface area contributed by atoms with Crippen molar-refractivity contribution in [1.29, 1.82) is 0 Å². The molecule has 0 aliphatic rings. The molecule has 0 aliphatic carbocycles. The van der Waals surface area contributed by atoms with E-state index in [1.807, 2.05) is 31.2 Å². The van der Waals surface area contributed by atoms with Crippen LogP contribution >= 0.6 is 11.8 Å². The molecule has 7 heteroatoms. The summed E-state index contributed by atoms with van der Waals surface area (Å²) in [7, 11) is 0. The van der Waals surface area contributed by atoms with Crippen LogP contribution in [0, 0.1) is 6.92 Å². The SMILES string of the molecule is Cc1ccccc1CSc1cc(N)nc(C(F)(F)F)n1. The molecular formula is C13H12F3N3S. The normalized spacial score (nSPS) is 11.6. The van der Waals surface area contributed by atoms with Gasteiger partial charge in [0.15, 0.2) is 0 Å². The summed E-state index contributed by atoms with van der Waals surface area (Å²) < 4.78 is 37.8. The zero-order chi connectivity index (χ0) is 14.8. The highest BCUT2D eigenvalue weighted by Crippen LogP contribution is 2.30. The second kappa shape index (κ2) is 5.70. The average Bonchev–Trinajstić information content (AvgIpc) is 2.36. The summed E-state index contributed by atoms with van der Waals surface area (Å²) >= 11 is 1.20. The van der Waals surface area contributed by atoms with Gasteiger partial charge in [-0.3, -0.25) is 0 Å². The van der Waals surface area contributed by atoms with Gasteiger partial charge in [0.05, 0.1) is 0 Å². The quantitative estimate of drug-likeness (QED) is 0.694. The fourth-order valence-electron chi connectivity index (χ4n) is 1.57. The molecule has 20 heavy (non-hydrogen) atoms. The lowest BCUT2D eigenvalue weighted by molar-refractivity contribution is -0.145. The zero-order valence-electron chi connectivity index (χ0n) is 10.6. The molecule has 0 atom stereocenters. The molecule has 0 spiro atoms. The topological polar surface area (TPSA) is 51.8 Å². The first kappa shape index (κ1) is 14.6. The van der Waals surface area contributed by atoms with Crippen LogP contribution in [-0.4, -0.2) is 9.97 Å². The van der Waals surface area contributed by atoms with Crippen LogP contribution in [0.1, 0.15) is 17.0 Å². The third-order valence-electron chi connectivity index (χ3n) is 2.61. The van der Waals surface area contributed by atoms with Crippen LogP contribution in [0.2, 0.25) is 0 Å². The fraction of sp³-hybridized carbons (Fsp3) is 0.231. The third kappa shape index (κ3) is 3.63. The summed E-state index contributed by atoms with van der Waals surface area (Å²) in [6.07, 6.45) is -4.59. The lowest BCUT2D eigenvalue weighted by atomic mass is 10.1. The molecule has 2 aromatic rings. The van der Waals surface area contributed by atoms with Gasteiger partial charge >= 0.3 is 6.18 Å². The van der Waals surface area contributed by atoms with Gasteiger partial charge in [0.1, 0.15) is 10.8 Å². The standard InChI is InChI=1S/C13H12F3N3S/c1-8-4-2-3-5-9(8)7-20-11-6-10(17)18-12(19-11)13(14,15)16/h2-6H,7H2,1H3,(H2,17,18,19). The van der Waals surface area contributed by atoms with E-state index in [1.165, 1.54) is 17.8 Å². The van der Waals surface area contributed by atoms with E-state index in [1.54, 1.807) is 0 Å². The Kier molecular flexibility index (Phi) is 4.17. The van der Waals surface area contributed by atoms with Gasteiger partial charge in [-0.05, 0) is 18.1 Å². The van der Waals surface area contributed by atoms with E-state index in [9.17, 15) is 13.2 Å². The van der Waals surface area contributed by atoms with Crippen LogP contribution in [0.3, 0.4) is 0 Å². The number of thioether (sulfide) groups is 1. The summed E-state index contributed by atoms with van der Waals surface area (Å²) in [5, 5.41) is 0.216. The Morgan fingerprint density at radius 2 is 1.90 bits per heavy atom. The smallest absolute Gasteiger partial charge is 0.384 e. The van der Waals surface area contributed by atoms with Gasteiger partial charge < -0.3 is 5.73 Å². The Balaban J connectivity index is 2.18. The number of anilines is 1. The molecule has 0 bridgehead atoms. The van der Waals surface area contributed by atoms with E-state index in [0.29, 0.717) is 5.75 Å². The van der Waals surface area contributed by atoms with Crippen LogP contribution in [0.25, 0.3) is 0 Å². The van der Waals surface area contributed by atoms with Crippen molar-refractivity contribution in [2.45, 2.75) is 23.9 Å². The molecule has 0 saturated carbocycles. The maximum absolute atomic E-state index is 12.6. The van der Waals surface area contributed by atoms with Gasteiger partial charge in [-0.25, -0.2) is 9.97 Å². The number of nitrogens with two attached hydrogens (primary N) is 1. The van der Waals surface area contributed by atoms with E-state index in [2.05, 4.69) is 9.97 Å². The van der Waals surface area contributed by atoms with Gasteiger partial charge in [0.2, 0.25) is 5.82 Å². The first-order chi connectivity index (χ1) is 9.36. The summed E-state index contributed by atoms with van der Waals surface area (Å²) in [6, 6.07) is 9.02. The number of nitrogen functional groups attached to an aromatic ring is 1. The number of benzene rings is 1. The van der Waals surface area contributed by atoms with Gasteiger partial charge in [0, 0.05) is 11.8 Å². The Morgan fingerprint density at radius 3 is 2.55 bits per heavy atom. The van der Waals surface area contributed by atoms with Crippen LogP contribution in [-0.2, 0) is 11.9 Å². The van der Waals surface area contributed by atoms with Crippen LogP contribution < -0.4 is 5.73 Å². The van der Waals surface area contributed by atoms with Crippen molar-refractivity contribution in [2.24, 2.45) is 0 Å². The van der Waals surface area contributed by atoms with Crippen LogP contribution in [0.15, 0.2) is 35.4 Å². The van der Waals surface area contributed by atoms with Gasteiger partial charge in [-0.1, -0.05) is 24.3 Å². The first-order valence-corrected chi connectivity index (χ1v) is 6.74. The number of halogens is 3. The predicted molar refractivity (Wildman–Crippen MR) is 72.2 cm³/mol. The maximum atomic E-state index is 12.6. The molecular weight excluding hydrogens is 287 g/mol. The number of hydrogen-bond donors (Lipinski definition) is 1. The maximum Gasteiger partial charge on any atom is 0.451 e. The van der Waals surface area contributed by atoms with Crippen LogP contribution in [0.4, 0.5) is 19.0 Å². The lowest BCUT2D eigenvalue weighted by Gasteiger charge is -2.09. The van der Waals surface area contributed by atoms with Crippen molar-refractivity contribution in [2.75, 3.05) is 5.73 Å². The van der Waals surface area contributed by atoms with Crippen molar-refractivity contribution in [3.05, 3.63) is 47.3 Å². The van der Waals surface area contributed by atoms with Gasteiger partial charge in [-0.2, -0.15) is 13.2 Å². The zero-order valence-corrected chi connectivity index (χ0v) is 11.4. The predicted octanol–water partition coefficient (Wildman–Crippen LogP) is 3.68. The summed E-state index contributed by atoms with van der Waals surface area (Å²) in [4.78, 5) is 6.70. The Morgan fingerprint density at radius 1 is 1.20 bits per heavy atom. The molecule has 0 fully saturated rings. The molecule has 0 saturated heterocycles. The highest BCUT2D eigenvalue weighted by atomic mass is 32.2. The minimum absolute atomic E-state index is 0.181. The molecule has 0 amide bonds. The summed E-state index contributed by atoms with van der Waals surface area (Å²) in [6.45, 7) is 1.95. The van der Waals surface area contributed by atoms with Crippen molar-refractivity contribution in [1.82, 2.24) is 9.97 Å².